The summed E-state index contributed by atoms with van der Waals surface area (Å²) in [6, 6.07) is 0. The number of nitrogens with zero attached hydrogens (tertiary/aromatic N) is 1. The third kappa shape index (κ3) is 5.77. The SMILES string of the molecule is CCC(CS)CN(C)CC(F)F. The van der Waals surface area contributed by atoms with Crippen molar-refractivity contribution in [1.29, 1.82) is 0 Å². The summed E-state index contributed by atoms with van der Waals surface area (Å²) in [4.78, 5) is 1.66. The normalized spacial score (nSPS) is 14.2. The van der Waals surface area contributed by atoms with Gasteiger partial charge >= 0.3 is 0 Å². The fourth-order valence-corrected chi connectivity index (χ4v) is 1.44. The highest BCUT2D eigenvalue weighted by Crippen LogP contribution is 2.07. The minimum absolute atomic E-state index is 0.135. The van der Waals surface area contributed by atoms with Crippen molar-refractivity contribution in [2.45, 2.75) is 19.8 Å². The van der Waals surface area contributed by atoms with E-state index in [1.807, 2.05) is 0 Å². The highest BCUT2D eigenvalue weighted by Gasteiger charge is 2.11. The lowest BCUT2D eigenvalue weighted by Crippen LogP contribution is -2.30. The van der Waals surface area contributed by atoms with E-state index < -0.39 is 6.43 Å². The van der Waals surface area contributed by atoms with Gasteiger partial charge in [0.05, 0.1) is 6.54 Å². The Labute approximate surface area is 78.5 Å². The van der Waals surface area contributed by atoms with Crippen LogP contribution in [-0.2, 0) is 0 Å². The summed E-state index contributed by atoms with van der Waals surface area (Å²) in [5.74, 6) is 1.20. The molecule has 1 atom stereocenters. The van der Waals surface area contributed by atoms with E-state index in [4.69, 9.17) is 0 Å². The lowest BCUT2D eigenvalue weighted by Gasteiger charge is -2.21. The number of hydrogen-bond acceptors (Lipinski definition) is 2. The molecule has 1 unspecified atom stereocenters. The van der Waals surface area contributed by atoms with Gasteiger partial charge in [0.2, 0.25) is 0 Å². The van der Waals surface area contributed by atoms with E-state index in [9.17, 15) is 8.78 Å². The summed E-state index contributed by atoms with van der Waals surface area (Å²) in [6.07, 6.45) is -1.23. The van der Waals surface area contributed by atoms with E-state index in [0.717, 1.165) is 12.2 Å². The van der Waals surface area contributed by atoms with Gasteiger partial charge in [0.1, 0.15) is 0 Å². The standard InChI is InChI=1S/C8H17F2NS/c1-3-7(6-12)4-11(2)5-8(9)10/h7-8,12H,3-6H2,1-2H3. The van der Waals surface area contributed by atoms with Crippen molar-refractivity contribution in [3.8, 4) is 0 Å². The molecule has 0 fully saturated rings. The Hall–Kier alpha value is 0.170. The van der Waals surface area contributed by atoms with E-state index in [0.29, 0.717) is 12.5 Å². The number of halogens is 2. The fourth-order valence-electron chi connectivity index (χ4n) is 1.07. The summed E-state index contributed by atoms with van der Waals surface area (Å²) < 4.78 is 23.8. The van der Waals surface area contributed by atoms with Crippen LogP contribution in [0.3, 0.4) is 0 Å². The van der Waals surface area contributed by atoms with Crippen LogP contribution in [-0.4, -0.2) is 37.2 Å². The second-order valence-corrected chi connectivity index (χ2v) is 3.43. The molecule has 0 spiro atoms. The Balaban J connectivity index is 3.58. The van der Waals surface area contributed by atoms with Gasteiger partial charge in [0, 0.05) is 6.54 Å². The van der Waals surface area contributed by atoms with Gasteiger partial charge < -0.3 is 4.90 Å². The van der Waals surface area contributed by atoms with Gasteiger partial charge in [0.25, 0.3) is 6.43 Å². The third-order valence-corrected chi connectivity index (χ3v) is 2.37. The smallest absolute Gasteiger partial charge is 0.251 e. The van der Waals surface area contributed by atoms with Crippen LogP contribution in [0.15, 0.2) is 0 Å². The Bertz CT molecular complexity index is 107. The van der Waals surface area contributed by atoms with Crippen molar-refractivity contribution in [3.63, 3.8) is 0 Å². The summed E-state index contributed by atoms with van der Waals surface area (Å²) in [5.41, 5.74) is 0. The first-order valence-corrected chi connectivity index (χ1v) is 4.80. The maximum absolute atomic E-state index is 11.9. The van der Waals surface area contributed by atoms with Crippen LogP contribution < -0.4 is 0 Å². The Kier molecular flexibility index (Phi) is 6.76. The van der Waals surface area contributed by atoms with Crippen LogP contribution in [0.4, 0.5) is 8.78 Å². The fraction of sp³-hybridized carbons (Fsp3) is 1.00. The molecule has 74 valence electrons. The van der Waals surface area contributed by atoms with Crippen molar-refractivity contribution in [2.24, 2.45) is 5.92 Å². The minimum Gasteiger partial charge on any atom is -0.301 e. The van der Waals surface area contributed by atoms with E-state index in [1.165, 1.54) is 0 Å². The third-order valence-electron chi connectivity index (χ3n) is 1.86. The second kappa shape index (κ2) is 6.66. The van der Waals surface area contributed by atoms with Crippen LogP contribution in [0.1, 0.15) is 13.3 Å². The molecule has 0 heterocycles. The molecule has 0 saturated carbocycles. The van der Waals surface area contributed by atoms with Crippen LogP contribution in [0, 0.1) is 5.92 Å². The van der Waals surface area contributed by atoms with E-state index in [1.54, 1.807) is 11.9 Å². The highest BCUT2D eigenvalue weighted by molar-refractivity contribution is 7.80. The van der Waals surface area contributed by atoms with Crippen LogP contribution in [0.2, 0.25) is 0 Å². The van der Waals surface area contributed by atoms with E-state index in [2.05, 4.69) is 19.6 Å². The lowest BCUT2D eigenvalue weighted by molar-refractivity contribution is 0.0944. The van der Waals surface area contributed by atoms with Crippen molar-refractivity contribution in [2.75, 3.05) is 25.9 Å². The summed E-state index contributed by atoms with van der Waals surface area (Å²) in [7, 11) is 1.72. The summed E-state index contributed by atoms with van der Waals surface area (Å²) in [6.45, 7) is 2.63. The molecule has 0 aromatic heterocycles. The largest absolute Gasteiger partial charge is 0.301 e. The maximum atomic E-state index is 11.9. The molecule has 0 N–H and O–H groups in total. The first-order chi connectivity index (χ1) is 5.60. The summed E-state index contributed by atoms with van der Waals surface area (Å²) in [5, 5.41) is 0. The molecule has 0 aliphatic carbocycles. The van der Waals surface area contributed by atoms with Gasteiger partial charge in [-0.1, -0.05) is 13.3 Å². The molecule has 1 nitrogen and oxygen atoms in total. The molecule has 0 aliphatic rings. The molecule has 4 heteroatoms. The Morgan fingerprint density at radius 3 is 2.25 bits per heavy atom. The van der Waals surface area contributed by atoms with Gasteiger partial charge in [0.15, 0.2) is 0 Å². The number of thiol groups is 1. The van der Waals surface area contributed by atoms with Crippen molar-refractivity contribution in [3.05, 3.63) is 0 Å². The number of hydrogen-bond donors (Lipinski definition) is 1. The molecule has 0 saturated heterocycles. The monoisotopic (exact) mass is 197 g/mol. The molecule has 0 radical (unpaired) electrons. The Morgan fingerprint density at radius 2 is 1.92 bits per heavy atom. The molecule has 0 aromatic rings. The lowest BCUT2D eigenvalue weighted by atomic mass is 10.1. The maximum Gasteiger partial charge on any atom is 0.251 e. The molecular formula is C8H17F2NS. The predicted octanol–water partition coefficient (Wildman–Crippen LogP) is 2.14. The molecule has 0 aromatic carbocycles. The topological polar surface area (TPSA) is 3.24 Å². The van der Waals surface area contributed by atoms with Crippen LogP contribution >= 0.6 is 12.6 Å². The summed E-state index contributed by atoms with van der Waals surface area (Å²) >= 11 is 4.15. The zero-order chi connectivity index (χ0) is 9.56. The zero-order valence-electron chi connectivity index (χ0n) is 7.63. The molecule has 0 amide bonds. The van der Waals surface area contributed by atoms with Crippen LogP contribution in [0.5, 0.6) is 0 Å². The number of alkyl halides is 2. The van der Waals surface area contributed by atoms with Gasteiger partial charge in [-0.2, -0.15) is 12.6 Å². The quantitative estimate of drug-likeness (QED) is 0.638. The van der Waals surface area contributed by atoms with Gasteiger partial charge in [-0.25, -0.2) is 8.78 Å². The zero-order valence-corrected chi connectivity index (χ0v) is 8.53. The highest BCUT2D eigenvalue weighted by atomic mass is 32.1. The minimum atomic E-state index is -2.23. The predicted molar refractivity (Wildman–Crippen MR) is 51.1 cm³/mol. The molecule has 0 aliphatic heterocycles. The van der Waals surface area contributed by atoms with Gasteiger partial charge in [-0.3, -0.25) is 0 Å². The van der Waals surface area contributed by atoms with Crippen LogP contribution in [0.25, 0.3) is 0 Å². The molecule has 0 rings (SSSR count). The first-order valence-electron chi connectivity index (χ1n) is 4.17. The Morgan fingerprint density at radius 1 is 1.33 bits per heavy atom. The van der Waals surface area contributed by atoms with Crippen molar-refractivity contribution in [1.82, 2.24) is 4.90 Å². The molecule has 12 heavy (non-hydrogen) atoms. The van der Waals surface area contributed by atoms with E-state index >= 15 is 0 Å². The second-order valence-electron chi connectivity index (χ2n) is 3.07. The molecular weight excluding hydrogens is 180 g/mol. The van der Waals surface area contributed by atoms with Gasteiger partial charge in [-0.15, -0.1) is 0 Å². The van der Waals surface area contributed by atoms with Crippen molar-refractivity contribution >= 4 is 12.6 Å². The first kappa shape index (κ1) is 12.2. The average Bonchev–Trinajstić information content (AvgIpc) is 1.98. The van der Waals surface area contributed by atoms with E-state index in [-0.39, 0.29) is 6.54 Å². The van der Waals surface area contributed by atoms with Crippen molar-refractivity contribution < 1.29 is 8.78 Å². The van der Waals surface area contributed by atoms with Gasteiger partial charge in [-0.05, 0) is 18.7 Å². The average molecular weight is 197 g/mol. The number of rotatable bonds is 6. The molecule has 0 bridgehead atoms.